The zero-order chi connectivity index (χ0) is 29.2. The second kappa shape index (κ2) is 11.8. The summed E-state index contributed by atoms with van der Waals surface area (Å²) in [5.74, 6) is 0.131. The van der Waals surface area contributed by atoms with Crippen LogP contribution in [0.25, 0.3) is 16.8 Å². The highest BCUT2D eigenvalue weighted by Gasteiger charge is 2.33. The van der Waals surface area contributed by atoms with Gasteiger partial charge in [0.2, 0.25) is 0 Å². The number of benzene rings is 4. The van der Waals surface area contributed by atoms with Gasteiger partial charge in [0.15, 0.2) is 4.80 Å². The fraction of sp³-hybridized carbons (Fsp3) is 0.147. The van der Waals surface area contributed by atoms with Crippen LogP contribution in [0, 0.1) is 0 Å². The van der Waals surface area contributed by atoms with Gasteiger partial charge in [-0.1, -0.05) is 109 Å². The Kier molecular flexibility index (Phi) is 7.78. The van der Waals surface area contributed by atoms with Crippen LogP contribution in [0.1, 0.15) is 36.1 Å². The minimum absolute atomic E-state index is 0.242. The van der Waals surface area contributed by atoms with Crippen molar-refractivity contribution in [1.29, 1.82) is 0 Å². The summed E-state index contributed by atoms with van der Waals surface area (Å²) in [6, 6.07) is 28.3. The topological polar surface area (TPSA) is 69.9 Å². The number of halogens is 1. The number of fused-ring (bicyclic) bond motifs is 2. The number of thiazole rings is 1. The van der Waals surface area contributed by atoms with E-state index in [-0.39, 0.29) is 12.2 Å². The van der Waals surface area contributed by atoms with Crippen LogP contribution in [-0.4, -0.2) is 17.6 Å². The molecule has 4 aromatic carbocycles. The van der Waals surface area contributed by atoms with E-state index in [0.29, 0.717) is 37.8 Å². The highest BCUT2D eigenvalue weighted by molar-refractivity contribution is 7.07. The van der Waals surface area contributed by atoms with Crippen molar-refractivity contribution in [3.63, 3.8) is 0 Å². The van der Waals surface area contributed by atoms with Crippen LogP contribution in [0.2, 0.25) is 5.02 Å². The van der Waals surface area contributed by atoms with Gasteiger partial charge in [-0.2, -0.15) is 0 Å². The van der Waals surface area contributed by atoms with Gasteiger partial charge in [-0.05, 0) is 41.0 Å². The van der Waals surface area contributed by atoms with Crippen LogP contribution in [-0.2, 0) is 16.1 Å². The molecule has 0 radical (unpaired) electrons. The first kappa shape index (κ1) is 27.7. The van der Waals surface area contributed by atoms with Crippen molar-refractivity contribution in [2.45, 2.75) is 26.0 Å². The van der Waals surface area contributed by atoms with Crippen molar-refractivity contribution in [3.05, 3.63) is 144 Å². The van der Waals surface area contributed by atoms with Gasteiger partial charge in [0.05, 0.1) is 29.0 Å². The molecule has 210 valence electrons. The quantitative estimate of drug-likeness (QED) is 0.211. The number of nitrogens with zero attached hydrogens (tertiary/aromatic N) is 2. The molecule has 0 amide bonds. The van der Waals surface area contributed by atoms with Crippen molar-refractivity contribution < 1.29 is 14.3 Å². The van der Waals surface area contributed by atoms with Crippen LogP contribution < -0.4 is 19.6 Å². The van der Waals surface area contributed by atoms with Crippen molar-refractivity contribution in [2.75, 3.05) is 7.11 Å². The van der Waals surface area contributed by atoms with E-state index in [2.05, 4.69) is 0 Å². The Labute approximate surface area is 251 Å². The Bertz CT molecular complexity index is 2030. The third kappa shape index (κ3) is 5.06. The molecule has 1 atom stereocenters. The third-order valence-electron chi connectivity index (χ3n) is 7.31. The molecule has 6 nitrogen and oxygen atoms in total. The number of rotatable bonds is 7. The molecule has 6 rings (SSSR count). The number of esters is 1. The van der Waals surface area contributed by atoms with Gasteiger partial charge >= 0.3 is 5.97 Å². The molecule has 0 spiro atoms. The van der Waals surface area contributed by atoms with E-state index in [1.807, 2.05) is 104 Å². The molecule has 0 fully saturated rings. The lowest BCUT2D eigenvalue weighted by molar-refractivity contribution is -0.136. The number of ether oxygens (including phenoxy) is 2. The number of allylic oxidation sites excluding steroid dienone is 1. The maximum absolute atomic E-state index is 14.2. The summed E-state index contributed by atoms with van der Waals surface area (Å²) in [6.07, 6.45) is 2.38. The summed E-state index contributed by atoms with van der Waals surface area (Å²) in [5, 5.41) is 2.59. The zero-order valence-electron chi connectivity index (χ0n) is 23.0. The van der Waals surface area contributed by atoms with E-state index in [0.717, 1.165) is 27.5 Å². The first-order chi connectivity index (χ1) is 20.5. The third-order valence-corrected chi connectivity index (χ3v) is 8.66. The lowest BCUT2D eigenvalue weighted by Crippen LogP contribution is -2.40. The first-order valence-electron chi connectivity index (χ1n) is 13.6. The van der Waals surface area contributed by atoms with Crippen molar-refractivity contribution in [2.24, 2.45) is 4.99 Å². The van der Waals surface area contributed by atoms with Crippen LogP contribution >= 0.6 is 22.9 Å². The van der Waals surface area contributed by atoms with E-state index >= 15 is 0 Å². The number of hydrogen-bond donors (Lipinski definition) is 0. The molecule has 0 N–H and O–H groups in total. The minimum atomic E-state index is -0.657. The van der Waals surface area contributed by atoms with E-state index in [1.54, 1.807) is 4.57 Å². The number of aromatic nitrogens is 1. The summed E-state index contributed by atoms with van der Waals surface area (Å²) >= 11 is 7.68. The normalized spacial score (nSPS) is 14.9. The average molecular weight is 595 g/mol. The van der Waals surface area contributed by atoms with Crippen LogP contribution in [0.4, 0.5) is 0 Å². The molecule has 0 unspecified atom stereocenters. The molecular formula is C34H27ClN2O4S. The maximum atomic E-state index is 14.2. The summed E-state index contributed by atoms with van der Waals surface area (Å²) in [4.78, 5) is 32.5. The van der Waals surface area contributed by atoms with Crippen LogP contribution in [0.3, 0.4) is 0 Å². The molecule has 0 saturated heterocycles. The molecule has 0 bridgehead atoms. The Morgan fingerprint density at radius 2 is 1.74 bits per heavy atom. The summed E-state index contributed by atoms with van der Waals surface area (Å²) in [5.41, 5.74) is 3.19. The van der Waals surface area contributed by atoms with Gasteiger partial charge in [0.1, 0.15) is 12.4 Å². The number of methoxy groups -OCH3 is 1. The lowest BCUT2D eigenvalue weighted by Gasteiger charge is -2.25. The Morgan fingerprint density at radius 3 is 2.50 bits per heavy atom. The largest absolute Gasteiger partial charge is 0.488 e. The Balaban J connectivity index is 1.55. The monoisotopic (exact) mass is 594 g/mol. The van der Waals surface area contributed by atoms with Gasteiger partial charge in [-0.15, -0.1) is 0 Å². The van der Waals surface area contributed by atoms with E-state index < -0.39 is 12.0 Å². The Hall–Kier alpha value is -4.46. The second-order valence-electron chi connectivity index (χ2n) is 9.78. The second-order valence-corrected chi connectivity index (χ2v) is 11.2. The molecule has 0 aliphatic carbocycles. The predicted octanol–water partition coefficient (Wildman–Crippen LogP) is 6.18. The highest BCUT2D eigenvalue weighted by atomic mass is 35.5. The zero-order valence-corrected chi connectivity index (χ0v) is 24.6. The number of hydrogen-bond acceptors (Lipinski definition) is 6. The van der Waals surface area contributed by atoms with Crippen LogP contribution in [0.5, 0.6) is 5.75 Å². The van der Waals surface area contributed by atoms with Crippen molar-refractivity contribution in [1.82, 2.24) is 4.57 Å². The Morgan fingerprint density at radius 1 is 1.00 bits per heavy atom. The van der Waals surface area contributed by atoms with E-state index in [4.69, 9.17) is 26.1 Å². The molecule has 2 heterocycles. The highest BCUT2D eigenvalue weighted by Crippen LogP contribution is 2.33. The molecular weight excluding hydrogens is 568 g/mol. The summed E-state index contributed by atoms with van der Waals surface area (Å²) in [7, 11) is 1.35. The fourth-order valence-electron chi connectivity index (χ4n) is 5.27. The molecule has 5 aromatic rings. The number of carbonyl (C=O) groups excluding carboxylic acids is 1. The molecule has 1 aromatic heterocycles. The maximum Gasteiger partial charge on any atom is 0.338 e. The van der Waals surface area contributed by atoms with E-state index in [1.165, 1.54) is 18.4 Å². The lowest BCUT2D eigenvalue weighted by atomic mass is 9.95. The van der Waals surface area contributed by atoms with Gasteiger partial charge < -0.3 is 9.47 Å². The standard InChI is InChI=1S/C34H27ClN2O4S/c1-3-27-30(33(39)40-2)31(22-12-5-4-6-13-22)37-32(38)29(42-34(37)36-27)19-25-24-15-9-7-11-21(24)17-18-28(25)41-20-23-14-8-10-16-26(23)35/h4-19,31H,3,20H2,1-2H3/b29-19+/t31-/m1/s1. The molecule has 1 aliphatic heterocycles. The molecule has 8 heteroatoms. The van der Waals surface area contributed by atoms with Gasteiger partial charge in [0, 0.05) is 16.1 Å². The van der Waals surface area contributed by atoms with Crippen molar-refractivity contribution in [3.8, 4) is 5.75 Å². The van der Waals surface area contributed by atoms with Crippen LogP contribution in [0.15, 0.2) is 112 Å². The van der Waals surface area contributed by atoms with Gasteiger partial charge in [-0.3, -0.25) is 9.36 Å². The molecule has 42 heavy (non-hydrogen) atoms. The fourth-order valence-corrected chi connectivity index (χ4v) is 6.46. The smallest absolute Gasteiger partial charge is 0.338 e. The van der Waals surface area contributed by atoms with Gasteiger partial charge in [0.25, 0.3) is 5.56 Å². The molecule has 1 aliphatic rings. The van der Waals surface area contributed by atoms with Crippen molar-refractivity contribution >= 4 is 45.8 Å². The van der Waals surface area contributed by atoms with Gasteiger partial charge in [-0.25, -0.2) is 9.79 Å². The number of carbonyl (C=O) groups is 1. The SMILES string of the molecule is CCC1=C(C(=O)OC)[C@@H](c2ccccc2)n2c(s/c(=C/c3c(OCc4ccccc4Cl)ccc4ccccc34)c2=O)=N1. The predicted molar refractivity (Wildman–Crippen MR) is 167 cm³/mol. The average Bonchev–Trinajstić information content (AvgIpc) is 3.34. The summed E-state index contributed by atoms with van der Waals surface area (Å²) in [6.45, 7) is 2.22. The van der Waals surface area contributed by atoms with E-state index in [9.17, 15) is 9.59 Å². The first-order valence-corrected chi connectivity index (χ1v) is 14.8. The molecule has 0 saturated carbocycles. The minimum Gasteiger partial charge on any atom is -0.488 e. The summed E-state index contributed by atoms with van der Waals surface area (Å²) < 4.78 is 13.6.